The van der Waals surface area contributed by atoms with Gasteiger partial charge in [0.2, 0.25) is 0 Å². The van der Waals surface area contributed by atoms with Crippen LogP contribution in [0, 0.1) is 6.92 Å². The molecule has 9 heteroatoms. The van der Waals surface area contributed by atoms with Gasteiger partial charge in [-0.25, -0.2) is 9.67 Å². The summed E-state index contributed by atoms with van der Waals surface area (Å²) in [6, 6.07) is 4.24. The van der Waals surface area contributed by atoms with Gasteiger partial charge in [0, 0.05) is 0 Å². The zero-order valence-corrected chi connectivity index (χ0v) is 13.4. The van der Waals surface area contributed by atoms with E-state index in [9.17, 15) is 23.1 Å². The zero-order valence-electron chi connectivity index (χ0n) is 13.4. The number of rotatable bonds is 3. The quantitative estimate of drug-likeness (QED) is 0.759. The minimum Gasteiger partial charge on any atom is -0.390 e. The highest BCUT2D eigenvalue weighted by atomic mass is 19.4. The van der Waals surface area contributed by atoms with Crippen LogP contribution < -0.4 is 5.56 Å². The Balaban J connectivity index is 2.11. The molecular weight excluding hydrogens is 337 g/mol. The first kappa shape index (κ1) is 17.2. The fourth-order valence-electron chi connectivity index (χ4n) is 2.70. The number of aryl methyl sites for hydroxylation is 1. The van der Waals surface area contributed by atoms with Crippen LogP contribution in [0.4, 0.5) is 13.2 Å². The van der Waals surface area contributed by atoms with Crippen molar-refractivity contribution in [3.05, 3.63) is 57.3 Å². The summed E-state index contributed by atoms with van der Waals surface area (Å²) in [5.74, 6) is 0.378. The van der Waals surface area contributed by atoms with Gasteiger partial charge in [-0.1, -0.05) is 12.1 Å². The molecular formula is C16H15F3N4O2. The maximum absolute atomic E-state index is 12.7. The zero-order chi connectivity index (χ0) is 18.4. The average molecular weight is 352 g/mol. The molecule has 0 unspecified atom stereocenters. The Morgan fingerprint density at radius 1 is 1.28 bits per heavy atom. The van der Waals surface area contributed by atoms with Gasteiger partial charge in [0.25, 0.3) is 5.56 Å². The second kappa shape index (κ2) is 5.99. The van der Waals surface area contributed by atoms with Crippen molar-refractivity contribution in [3.8, 4) is 0 Å². The molecule has 132 valence electrons. The second-order valence-corrected chi connectivity index (χ2v) is 5.70. The van der Waals surface area contributed by atoms with E-state index in [1.807, 2.05) is 0 Å². The average Bonchev–Trinajstić information content (AvgIpc) is 2.92. The van der Waals surface area contributed by atoms with Gasteiger partial charge in [-0.05, 0) is 31.5 Å². The Morgan fingerprint density at radius 2 is 1.92 bits per heavy atom. The fraction of sp³-hybridized carbons (Fsp3) is 0.312. The van der Waals surface area contributed by atoms with Crippen LogP contribution in [0.3, 0.4) is 0 Å². The lowest BCUT2D eigenvalue weighted by atomic mass is 10.1. The monoisotopic (exact) mass is 352 g/mol. The third kappa shape index (κ3) is 3.02. The highest BCUT2D eigenvalue weighted by molar-refractivity contribution is 5.77. The normalized spacial score (nSPS) is 13.4. The molecule has 1 atom stereocenters. The van der Waals surface area contributed by atoms with Crippen LogP contribution in [0.5, 0.6) is 0 Å². The number of alkyl halides is 3. The summed E-state index contributed by atoms with van der Waals surface area (Å²) in [6.07, 6.45) is -4.41. The summed E-state index contributed by atoms with van der Waals surface area (Å²) in [7, 11) is 0. The molecule has 3 rings (SSSR count). The molecule has 0 saturated heterocycles. The first-order chi connectivity index (χ1) is 11.7. The lowest BCUT2D eigenvalue weighted by Gasteiger charge is -2.15. The molecule has 3 aromatic rings. The van der Waals surface area contributed by atoms with Gasteiger partial charge < -0.3 is 10.1 Å². The van der Waals surface area contributed by atoms with Crippen LogP contribution in [0.25, 0.3) is 11.0 Å². The van der Waals surface area contributed by atoms with Crippen LogP contribution in [0.1, 0.15) is 35.6 Å². The van der Waals surface area contributed by atoms with E-state index >= 15 is 0 Å². The van der Waals surface area contributed by atoms with Crippen molar-refractivity contribution in [1.29, 1.82) is 0 Å². The number of aliphatic hydroxyl groups excluding tert-OH is 1. The van der Waals surface area contributed by atoms with E-state index in [2.05, 4.69) is 15.1 Å². The van der Waals surface area contributed by atoms with E-state index in [4.69, 9.17) is 0 Å². The highest BCUT2D eigenvalue weighted by Crippen LogP contribution is 2.31. The van der Waals surface area contributed by atoms with E-state index in [1.165, 1.54) is 16.8 Å². The van der Waals surface area contributed by atoms with Crippen molar-refractivity contribution in [2.24, 2.45) is 0 Å². The van der Waals surface area contributed by atoms with E-state index < -0.39 is 29.9 Å². The van der Waals surface area contributed by atoms with Gasteiger partial charge in [0.1, 0.15) is 16.9 Å². The van der Waals surface area contributed by atoms with Crippen LogP contribution >= 0.6 is 0 Å². The minimum atomic E-state index is -4.41. The number of hydrogen-bond acceptors (Lipinski definition) is 4. The summed E-state index contributed by atoms with van der Waals surface area (Å²) in [5.41, 5.74) is -0.144. The molecule has 2 aromatic heterocycles. The van der Waals surface area contributed by atoms with E-state index in [-0.39, 0.29) is 16.7 Å². The molecule has 0 radical (unpaired) electrons. The molecule has 6 nitrogen and oxygen atoms in total. The Kier molecular flexibility index (Phi) is 4.11. The highest BCUT2D eigenvalue weighted by Gasteiger charge is 2.30. The van der Waals surface area contributed by atoms with Crippen molar-refractivity contribution in [3.63, 3.8) is 0 Å². The van der Waals surface area contributed by atoms with Gasteiger partial charge in [0.15, 0.2) is 5.65 Å². The number of fused-ring (bicyclic) bond motifs is 1. The molecule has 0 aliphatic heterocycles. The molecule has 0 aliphatic rings. The van der Waals surface area contributed by atoms with Gasteiger partial charge in [-0.15, -0.1) is 0 Å². The number of nitrogens with zero attached hydrogens (tertiary/aromatic N) is 3. The van der Waals surface area contributed by atoms with E-state index in [1.54, 1.807) is 13.8 Å². The minimum absolute atomic E-state index is 0.169. The van der Waals surface area contributed by atoms with Crippen molar-refractivity contribution in [2.75, 3.05) is 0 Å². The van der Waals surface area contributed by atoms with E-state index in [0.717, 1.165) is 12.1 Å². The molecule has 0 bridgehead atoms. The van der Waals surface area contributed by atoms with Crippen molar-refractivity contribution in [2.45, 2.75) is 32.7 Å². The molecule has 2 N–H and O–H groups in total. The second-order valence-electron chi connectivity index (χ2n) is 5.70. The first-order valence-electron chi connectivity index (χ1n) is 7.48. The number of benzene rings is 1. The summed E-state index contributed by atoms with van der Waals surface area (Å²) < 4.78 is 39.5. The maximum Gasteiger partial charge on any atom is 0.416 e. The number of halogens is 3. The summed E-state index contributed by atoms with van der Waals surface area (Å²) >= 11 is 0. The van der Waals surface area contributed by atoms with Crippen LogP contribution in [-0.2, 0) is 12.8 Å². The Bertz CT molecular complexity index is 974. The molecule has 25 heavy (non-hydrogen) atoms. The van der Waals surface area contributed by atoms with Crippen LogP contribution in [0.15, 0.2) is 29.1 Å². The largest absolute Gasteiger partial charge is 0.416 e. The summed E-state index contributed by atoms with van der Waals surface area (Å²) in [6.45, 7) is 2.89. The van der Waals surface area contributed by atoms with Gasteiger partial charge in [-0.2, -0.15) is 18.3 Å². The lowest BCUT2D eigenvalue weighted by Crippen LogP contribution is -2.13. The molecule has 0 aliphatic carbocycles. The molecule has 0 amide bonds. The maximum atomic E-state index is 12.7. The van der Waals surface area contributed by atoms with Gasteiger partial charge in [-0.3, -0.25) is 4.79 Å². The number of aromatic amines is 1. The third-order valence-electron chi connectivity index (χ3n) is 3.99. The predicted octanol–water partition coefficient (Wildman–Crippen LogP) is 2.55. The number of aliphatic hydroxyl groups is 1. The molecule has 0 spiro atoms. The first-order valence-corrected chi connectivity index (χ1v) is 7.48. The SMILES string of the molecule is Cc1nc2c(c(CO)nn2[C@@H](C)c2ccc(C(F)(F)F)cc2)c(=O)[nH]1. The Hall–Kier alpha value is -2.68. The fourth-order valence-corrected chi connectivity index (χ4v) is 2.70. The number of H-pyrrole nitrogens is 1. The van der Waals surface area contributed by atoms with Crippen LogP contribution in [0.2, 0.25) is 0 Å². The standard InChI is InChI=1S/C16H15F3N4O2/c1-8(10-3-5-11(6-4-10)16(17,18)19)23-14-13(12(7-24)22-23)15(25)21-9(2)20-14/h3-6,8,24H,7H2,1-2H3,(H,20,21,25)/t8-/m0/s1. The topological polar surface area (TPSA) is 83.8 Å². The number of aromatic nitrogens is 4. The smallest absolute Gasteiger partial charge is 0.390 e. The van der Waals surface area contributed by atoms with Crippen LogP contribution in [-0.4, -0.2) is 24.9 Å². The van der Waals surface area contributed by atoms with Gasteiger partial charge >= 0.3 is 6.18 Å². The Morgan fingerprint density at radius 3 is 2.48 bits per heavy atom. The predicted molar refractivity (Wildman–Crippen MR) is 84.1 cm³/mol. The third-order valence-corrected chi connectivity index (χ3v) is 3.99. The number of nitrogens with one attached hydrogen (secondary N) is 1. The van der Waals surface area contributed by atoms with E-state index in [0.29, 0.717) is 11.4 Å². The van der Waals surface area contributed by atoms with Crippen molar-refractivity contribution < 1.29 is 18.3 Å². The van der Waals surface area contributed by atoms with Crippen molar-refractivity contribution in [1.82, 2.24) is 19.7 Å². The number of hydrogen-bond donors (Lipinski definition) is 2. The molecule has 0 fully saturated rings. The van der Waals surface area contributed by atoms with Crippen molar-refractivity contribution >= 4 is 11.0 Å². The lowest BCUT2D eigenvalue weighted by molar-refractivity contribution is -0.137. The summed E-state index contributed by atoms with van der Waals surface area (Å²) in [4.78, 5) is 18.9. The molecule has 1 aromatic carbocycles. The molecule has 0 saturated carbocycles. The Labute approximate surface area is 139 Å². The van der Waals surface area contributed by atoms with Gasteiger partial charge in [0.05, 0.1) is 18.2 Å². The summed E-state index contributed by atoms with van der Waals surface area (Å²) in [5, 5.41) is 13.8. The molecule has 2 heterocycles.